The zero-order valence-electron chi connectivity index (χ0n) is 16.7. The summed E-state index contributed by atoms with van der Waals surface area (Å²) in [6.07, 6.45) is 0. The van der Waals surface area contributed by atoms with Gasteiger partial charge >= 0.3 is 0 Å². The molecule has 29 heavy (non-hydrogen) atoms. The molecule has 0 saturated carbocycles. The Bertz CT molecular complexity index is 1000. The molecule has 1 fully saturated rings. The van der Waals surface area contributed by atoms with Crippen LogP contribution in [0, 0.1) is 5.92 Å². The lowest BCUT2D eigenvalue weighted by atomic mass is 10.1. The van der Waals surface area contributed by atoms with Gasteiger partial charge in [-0.1, -0.05) is 44.2 Å². The third-order valence-electron chi connectivity index (χ3n) is 5.23. The monoisotopic (exact) mass is 391 g/mol. The molecule has 0 aliphatic carbocycles. The third-order valence-corrected chi connectivity index (χ3v) is 5.23. The van der Waals surface area contributed by atoms with Crippen LogP contribution >= 0.6 is 0 Å². The van der Waals surface area contributed by atoms with Crippen molar-refractivity contribution in [3.05, 3.63) is 60.4 Å². The number of anilines is 2. The largest absolute Gasteiger partial charge is 0.451 e. The zero-order valence-corrected chi connectivity index (χ0v) is 16.7. The molecule has 2 amide bonds. The molecule has 2 heterocycles. The second-order valence-corrected chi connectivity index (χ2v) is 7.59. The zero-order chi connectivity index (χ0) is 20.4. The Balaban J connectivity index is 1.49. The second-order valence-electron chi connectivity index (χ2n) is 7.59. The van der Waals surface area contributed by atoms with Crippen LogP contribution in [0.5, 0.6) is 0 Å². The Hall–Kier alpha value is -3.28. The summed E-state index contributed by atoms with van der Waals surface area (Å²) in [5.74, 6) is 0.212. The first kappa shape index (κ1) is 19.1. The van der Waals surface area contributed by atoms with Gasteiger partial charge in [0.25, 0.3) is 5.91 Å². The number of piperazine rings is 1. The summed E-state index contributed by atoms with van der Waals surface area (Å²) in [6.45, 7) is 6.69. The van der Waals surface area contributed by atoms with Gasteiger partial charge in [-0.15, -0.1) is 0 Å². The minimum Gasteiger partial charge on any atom is -0.451 e. The van der Waals surface area contributed by atoms with E-state index in [0.29, 0.717) is 18.7 Å². The van der Waals surface area contributed by atoms with Crippen LogP contribution in [0.1, 0.15) is 24.4 Å². The van der Waals surface area contributed by atoms with E-state index in [1.807, 2.05) is 67.3 Å². The third kappa shape index (κ3) is 3.97. The summed E-state index contributed by atoms with van der Waals surface area (Å²) < 4.78 is 5.68. The molecular formula is C23H25N3O3. The van der Waals surface area contributed by atoms with Gasteiger partial charge < -0.3 is 19.5 Å². The maximum Gasteiger partial charge on any atom is 0.291 e. The summed E-state index contributed by atoms with van der Waals surface area (Å²) in [6, 6.07) is 17.1. The van der Waals surface area contributed by atoms with E-state index in [2.05, 4.69) is 10.2 Å². The molecule has 1 aliphatic rings. The molecule has 4 rings (SSSR count). The summed E-state index contributed by atoms with van der Waals surface area (Å²) >= 11 is 0. The van der Waals surface area contributed by atoms with E-state index in [-0.39, 0.29) is 23.5 Å². The fraction of sp³-hybridized carbons (Fsp3) is 0.304. The highest BCUT2D eigenvalue weighted by atomic mass is 16.3. The molecule has 1 aliphatic heterocycles. The molecule has 3 aromatic rings. The van der Waals surface area contributed by atoms with Gasteiger partial charge in [-0.25, -0.2) is 0 Å². The number of para-hydroxylation sites is 3. The van der Waals surface area contributed by atoms with Crippen LogP contribution in [0.4, 0.5) is 11.4 Å². The quantitative estimate of drug-likeness (QED) is 0.730. The minimum absolute atomic E-state index is 0.0110. The van der Waals surface area contributed by atoms with Crippen LogP contribution < -0.4 is 10.2 Å². The van der Waals surface area contributed by atoms with Crippen molar-refractivity contribution in [2.24, 2.45) is 5.92 Å². The van der Waals surface area contributed by atoms with Crippen molar-refractivity contribution in [2.75, 3.05) is 36.4 Å². The van der Waals surface area contributed by atoms with Crippen molar-refractivity contribution in [1.29, 1.82) is 0 Å². The van der Waals surface area contributed by atoms with Crippen LogP contribution in [0.2, 0.25) is 0 Å². The summed E-state index contributed by atoms with van der Waals surface area (Å²) in [5.41, 5.74) is 2.38. The fourth-order valence-electron chi connectivity index (χ4n) is 3.67. The normalized spacial score (nSPS) is 14.4. The molecule has 0 radical (unpaired) electrons. The lowest BCUT2D eigenvalue weighted by molar-refractivity contribution is -0.134. The highest BCUT2D eigenvalue weighted by Crippen LogP contribution is 2.28. The average molecular weight is 391 g/mol. The molecule has 2 aromatic carbocycles. The number of hydrogen-bond donors (Lipinski definition) is 1. The maximum atomic E-state index is 12.8. The van der Waals surface area contributed by atoms with E-state index in [1.54, 1.807) is 6.07 Å². The van der Waals surface area contributed by atoms with Crippen LogP contribution in [-0.2, 0) is 4.79 Å². The first-order valence-corrected chi connectivity index (χ1v) is 9.95. The van der Waals surface area contributed by atoms with Gasteiger partial charge in [0.05, 0.1) is 11.4 Å². The van der Waals surface area contributed by atoms with Gasteiger partial charge in [0.1, 0.15) is 5.58 Å². The molecule has 1 saturated heterocycles. The molecule has 1 N–H and O–H groups in total. The Morgan fingerprint density at radius 3 is 2.38 bits per heavy atom. The standard InChI is InChI=1S/C23H25N3O3/c1-16(2)23(28)26-13-11-25(12-14-26)19-9-5-4-8-18(19)24-22(27)21-15-17-7-3-6-10-20(17)29-21/h3-10,15-16H,11-14H2,1-2H3,(H,24,27). The van der Waals surface area contributed by atoms with E-state index in [4.69, 9.17) is 4.42 Å². The number of benzene rings is 2. The Morgan fingerprint density at radius 1 is 0.966 bits per heavy atom. The van der Waals surface area contributed by atoms with Gasteiger partial charge in [-0.05, 0) is 24.3 Å². The van der Waals surface area contributed by atoms with Crippen LogP contribution in [0.15, 0.2) is 59.0 Å². The number of fused-ring (bicyclic) bond motifs is 1. The maximum absolute atomic E-state index is 12.8. The van der Waals surface area contributed by atoms with Crippen molar-refractivity contribution < 1.29 is 14.0 Å². The summed E-state index contributed by atoms with van der Waals surface area (Å²) in [5, 5.41) is 3.88. The number of amides is 2. The van der Waals surface area contributed by atoms with Gasteiger partial charge in [0.2, 0.25) is 5.91 Å². The van der Waals surface area contributed by atoms with Gasteiger partial charge in [-0.3, -0.25) is 9.59 Å². The number of carbonyl (C=O) groups excluding carboxylic acids is 2. The molecule has 0 bridgehead atoms. The molecule has 0 spiro atoms. The van der Waals surface area contributed by atoms with Crippen molar-refractivity contribution in [3.8, 4) is 0 Å². The smallest absolute Gasteiger partial charge is 0.291 e. The summed E-state index contributed by atoms with van der Waals surface area (Å²) in [7, 11) is 0. The van der Waals surface area contributed by atoms with E-state index in [1.165, 1.54) is 0 Å². The number of hydrogen-bond acceptors (Lipinski definition) is 4. The molecule has 1 aromatic heterocycles. The Morgan fingerprint density at radius 2 is 1.66 bits per heavy atom. The lowest BCUT2D eigenvalue weighted by Gasteiger charge is -2.37. The van der Waals surface area contributed by atoms with Crippen molar-refractivity contribution in [2.45, 2.75) is 13.8 Å². The predicted molar refractivity (Wildman–Crippen MR) is 114 cm³/mol. The second kappa shape index (κ2) is 7.99. The molecule has 6 heteroatoms. The lowest BCUT2D eigenvalue weighted by Crippen LogP contribution is -2.50. The Labute approximate surface area is 170 Å². The molecule has 0 unspecified atom stereocenters. The topological polar surface area (TPSA) is 65.8 Å². The number of carbonyl (C=O) groups is 2. The average Bonchev–Trinajstić information content (AvgIpc) is 3.18. The number of furan rings is 1. The van der Waals surface area contributed by atoms with E-state index < -0.39 is 0 Å². The molecule has 0 atom stereocenters. The first-order chi connectivity index (χ1) is 14.0. The van der Waals surface area contributed by atoms with Gasteiger partial charge in [-0.2, -0.15) is 0 Å². The molecule has 150 valence electrons. The van der Waals surface area contributed by atoms with Gasteiger partial charge in [0, 0.05) is 37.5 Å². The van der Waals surface area contributed by atoms with Crippen molar-refractivity contribution >= 4 is 34.2 Å². The van der Waals surface area contributed by atoms with Crippen LogP contribution in [0.3, 0.4) is 0 Å². The van der Waals surface area contributed by atoms with Gasteiger partial charge in [0.15, 0.2) is 5.76 Å². The van der Waals surface area contributed by atoms with E-state index >= 15 is 0 Å². The summed E-state index contributed by atoms with van der Waals surface area (Å²) in [4.78, 5) is 29.1. The van der Waals surface area contributed by atoms with Crippen LogP contribution in [0.25, 0.3) is 11.0 Å². The highest BCUT2D eigenvalue weighted by molar-refractivity contribution is 6.06. The fourth-order valence-corrected chi connectivity index (χ4v) is 3.67. The SMILES string of the molecule is CC(C)C(=O)N1CCN(c2ccccc2NC(=O)c2cc3ccccc3o2)CC1. The minimum atomic E-state index is -0.276. The highest BCUT2D eigenvalue weighted by Gasteiger charge is 2.24. The predicted octanol–water partition coefficient (Wildman–Crippen LogP) is 3.99. The number of nitrogens with zero attached hydrogens (tertiary/aromatic N) is 2. The number of nitrogens with one attached hydrogen (secondary N) is 1. The molecular weight excluding hydrogens is 366 g/mol. The first-order valence-electron chi connectivity index (χ1n) is 9.95. The van der Waals surface area contributed by atoms with E-state index in [0.717, 1.165) is 29.9 Å². The Kier molecular flexibility index (Phi) is 5.25. The van der Waals surface area contributed by atoms with Crippen molar-refractivity contribution in [1.82, 2.24) is 4.90 Å². The van der Waals surface area contributed by atoms with Crippen molar-refractivity contribution in [3.63, 3.8) is 0 Å². The van der Waals surface area contributed by atoms with Crippen LogP contribution in [-0.4, -0.2) is 42.9 Å². The number of rotatable bonds is 4. The van der Waals surface area contributed by atoms with E-state index in [9.17, 15) is 9.59 Å². The molecule has 6 nitrogen and oxygen atoms in total.